The molecule has 3 rings (SSSR count). The first-order chi connectivity index (χ1) is 9.30. The maximum Gasteiger partial charge on any atom is 0.0589 e. The van der Waals surface area contributed by atoms with E-state index in [1.807, 2.05) is 0 Å². The molecule has 2 aromatic rings. The largest absolute Gasteiger partial charge is 0.396 e. The lowest BCUT2D eigenvalue weighted by molar-refractivity contribution is -0.101. The molecule has 0 radical (unpaired) electrons. The van der Waals surface area contributed by atoms with Crippen LogP contribution in [0, 0.1) is 5.92 Å². The van der Waals surface area contributed by atoms with Crippen molar-refractivity contribution >= 4 is 10.8 Å². The Kier molecular flexibility index (Phi) is 3.29. The number of aliphatic hydroxyl groups excluding tert-OH is 1. The highest BCUT2D eigenvalue weighted by atomic mass is 16.5. The van der Waals surface area contributed by atoms with Crippen molar-refractivity contribution in [2.24, 2.45) is 5.92 Å². The highest BCUT2D eigenvalue weighted by Crippen LogP contribution is 2.41. The average molecular weight is 256 g/mol. The van der Waals surface area contributed by atoms with Crippen molar-refractivity contribution in [3.63, 3.8) is 0 Å². The van der Waals surface area contributed by atoms with Crippen LogP contribution in [0.1, 0.15) is 18.9 Å². The zero-order valence-corrected chi connectivity index (χ0v) is 11.3. The Hall–Kier alpha value is -1.38. The standard InChI is InChI=1S/C17H20O2/c1-2-15(10-18)17(11-19-12-17)16-8-7-13-5-3-4-6-14(13)9-16/h3-9,15,18H,2,10-12H2,1H3. The molecule has 2 heteroatoms. The summed E-state index contributed by atoms with van der Waals surface area (Å²) < 4.78 is 5.48. The zero-order chi connectivity index (χ0) is 13.3. The first-order valence-electron chi connectivity index (χ1n) is 6.98. The normalized spacial score (nSPS) is 19.1. The summed E-state index contributed by atoms with van der Waals surface area (Å²) in [6, 6.07) is 15.0. The minimum absolute atomic E-state index is 0.00747. The highest BCUT2D eigenvalue weighted by Gasteiger charge is 2.45. The van der Waals surface area contributed by atoms with Crippen LogP contribution in [0.25, 0.3) is 10.8 Å². The van der Waals surface area contributed by atoms with E-state index in [0.717, 1.165) is 19.6 Å². The topological polar surface area (TPSA) is 29.5 Å². The zero-order valence-electron chi connectivity index (χ0n) is 11.3. The van der Waals surface area contributed by atoms with E-state index in [1.165, 1.54) is 16.3 Å². The average Bonchev–Trinajstić information content (AvgIpc) is 2.42. The van der Waals surface area contributed by atoms with Crippen molar-refractivity contribution in [1.29, 1.82) is 0 Å². The Morgan fingerprint density at radius 3 is 2.47 bits per heavy atom. The number of fused-ring (bicyclic) bond motifs is 1. The maximum absolute atomic E-state index is 9.65. The lowest BCUT2D eigenvalue weighted by Crippen LogP contribution is -2.53. The molecule has 1 unspecified atom stereocenters. The summed E-state index contributed by atoms with van der Waals surface area (Å²) in [5, 5.41) is 12.2. The van der Waals surface area contributed by atoms with Crippen molar-refractivity contribution in [2.75, 3.05) is 19.8 Å². The van der Waals surface area contributed by atoms with Crippen LogP contribution >= 0.6 is 0 Å². The van der Waals surface area contributed by atoms with Crippen molar-refractivity contribution in [2.45, 2.75) is 18.8 Å². The summed E-state index contributed by atoms with van der Waals surface area (Å²) in [5.74, 6) is 0.280. The second kappa shape index (κ2) is 4.95. The van der Waals surface area contributed by atoms with Gasteiger partial charge in [0, 0.05) is 12.0 Å². The van der Waals surface area contributed by atoms with Crippen LogP contribution < -0.4 is 0 Å². The van der Waals surface area contributed by atoms with Crippen molar-refractivity contribution in [3.05, 3.63) is 48.0 Å². The molecule has 0 saturated carbocycles. The van der Waals surface area contributed by atoms with E-state index in [9.17, 15) is 5.11 Å². The third-order valence-corrected chi connectivity index (χ3v) is 4.54. The smallest absolute Gasteiger partial charge is 0.0589 e. The summed E-state index contributed by atoms with van der Waals surface area (Å²) in [6.07, 6.45) is 0.979. The van der Waals surface area contributed by atoms with Gasteiger partial charge in [-0.25, -0.2) is 0 Å². The van der Waals surface area contributed by atoms with Gasteiger partial charge < -0.3 is 9.84 Å². The molecule has 1 heterocycles. The summed E-state index contributed by atoms with van der Waals surface area (Å²) in [7, 11) is 0. The molecule has 1 fully saturated rings. The van der Waals surface area contributed by atoms with Crippen LogP contribution in [0.2, 0.25) is 0 Å². The van der Waals surface area contributed by atoms with E-state index in [4.69, 9.17) is 4.74 Å². The Morgan fingerprint density at radius 2 is 1.89 bits per heavy atom. The molecule has 2 aromatic carbocycles. The first kappa shape index (κ1) is 12.6. The molecular formula is C17H20O2. The fourth-order valence-corrected chi connectivity index (χ4v) is 3.15. The minimum Gasteiger partial charge on any atom is -0.396 e. The molecule has 1 aliphatic heterocycles. The van der Waals surface area contributed by atoms with E-state index >= 15 is 0 Å². The molecule has 2 nitrogen and oxygen atoms in total. The van der Waals surface area contributed by atoms with Gasteiger partial charge in [0.25, 0.3) is 0 Å². The summed E-state index contributed by atoms with van der Waals surface area (Å²) in [6.45, 7) is 3.82. The number of benzene rings is 2. The molecule has 1 aliphatic rings. The van der Waals surface area contributed by atoms with Gasteiger partial charge in [0.05, 0.1) is 13.2 Å². The van der Waals surface area contributed by atoms with Crippen molar-refractivity contribution in [3.8, 4) is 0 Å². The number of ether oxygens (including phenoxy) is 1. The molecule has 1 saturated heterocycles. The Bertz CT molecular complexity index is 568. The Balaban J connectivity index is 2.06. The molecule has 1 atom stereocenters. The summed E-state index contributed by atoms with van der Waals surface area (Å²) in [4.78, 5) is 0. The van der Waals surface area contributed by atoms with E-state index in [1.54, 1.807) is 0 Å². The molecule has 0 spiro atoms. The second-order valence-electron chi connectivity index (χ2n) is 5.50. The minimum atomic E-state index is 0.00747. The van der Waals surface area contributed by atoms with Gasteiger partial charge in [-0.15, -0.1) is 0 Å². The molecule has 100 valence electrons. The quantitative estimate of drug-likeness (QED) is 0.910. The Morgan fingerprint density at radius 1 is 1.16 bits per heavy atom. The SMILES string of the molecule is CCC(CO)C1(c2ccc3ccccc3c2)COC1. The van der Waals surface area contributed by atoms with Crippen LogP contribution in [0.4, 0.5) is 0 Å². The van der Waals surface area contributed by atoms with Gasteiger partial charge in [-0.1, -0.05) is 55.8 Å². The van der Waals surface area contributed by atoms with Gasteiger partial charge in [0.15, 0.2) is 0 Å². The summed E-state index contributed by atoms with van der Waals surface area (Å²) in [5.41, 5.74) is 1.31. The maximum atomic E-state index is 9.65. The summed E-state index contributed by atoms with van der Waals surface area (Å²) >= 11 is 0. The number of hydrogen-bond donors (Lipinski definition) is 1. The fourth-order valence-electron chi connectivity index (χ4n) is 3.15. The van der Waals surface area contributed by atoms with Crippen molar-refractivity contribution < 1.29 is 9.84 Å². The second-order valence-corrected chi connectivity index (χ2v) is 5.50. The van der Waals surface area contributed by atoms with Crippen LogP contribution in [-0.2, 0) is 10.2 Å². The van der Waals surface area contributed by atoms with E-state index < -0.39 is 0 Å². The molecule has 0 amide bonds. The number of aliphatic hydroxyl groups is 1. The van der Waals surface area contributed by atoms with E-state index in [-0.39, 0.29) is 17.9 Å². The van der Waals surface area contributed by atoms with Gasteiger partial charge in [0.2, 0.25) is 0 Å². The van der Waals surface area contributed by atoms with E-state index in [0.29, 0.717) is 0 Å². The lowest BCUT2D eigenvalue weighted by Gasteiger charge is -2.47. The van der Waals surface area contributed by atoms with Crippen molar-refractivity contribution in [1.82, 2.24) is 0 Å². The Labute approximate surface area is 114 Å². The molecular weight excluding hydrogens is 236 g/mol. The first-order valence-corrected chi connectivity index (χ1v) is 6.98. The predicted octanol–water partition coefficient (Wildman–Crippen LogP) is 3.13. The highest BCUT2D eigenvalue weighted by molar-refractivity contribution is 5.83. The fraction of sp³-hybridized carbons (Fsp3) is 0.412. The lowest BCUT2D eigenvalue weighted by atomic mass is 9.67. The monoisotopic (exact) mass is 256 g/mol. The van der Waals surface area contributed by atoms with Crippen LogP contribution in [0.5, 0.6) is 0 Å². The van der Waals surface area contributed by atoms with Crippen LogP contribution in [0.15, 0.2) is 42.5 Å². The molecule has 0 aromatic heterocycles. The van der Waals surface area contributed by atoms with Gasteiger partial charge in [-0.3, -0.25) is 0 Å². The molecule has 0 bridgehead atoms. The number of hydrogen-bond acceptors (Lipinski definition) is 2. The molecule has 0 aliphatic carbocycles. The van der Waals surface area contributed by atoms with Gasteiger partial charge in [-0.05, 0) is 22.3 Å². The molecule has 19 heavy (non-hydrogen) atoms. The third kappa shape index (κ3) is 1.96. The third-order valence-electron chi connectivity index (χ3n) is 4.54. The van der Waals surface area contributed by atoms with Gasteiger partial charge >= 0.3 is 0 Å². The predicted molar refractivity (Wildman–Crippen MR) is 77.3 cm³/mol. The number of rotatable bonds is 4. The van der Waals surface area contributed by atoms with Crippen LogP contribution in [-0.4, -0.2) is 24.9 Å². The van der Waals surface area contributed by atoms with Crippen LogP contribution in [0.3, 0.4) is 0 Å². The molecule has 1 N–H and O–H groups in total. The van der Waals surface area contributed by atoms with Gasteiger partial charge in [0.1, 0.15) is 0 Å². The van der Waals surface area contributed by atoms with Gasteiger partial charge in [-0.2, -0.15) is 0 Å². The van der Waals surface area contributed by atoms with E-state index in [2.05, 4.69) is 49.4 Å².